The number of amides is 1. The summed E-state index contributed by atoms with van der Waals surface area (Å²) in [4.78, 5) is 22.7. The predicted octanol–water partition coefficient (Wildman–Crippen LogP) is 6.92. The molecular formula is C35H39FN4O. The molecule has 0 unspecified atom stereocenters. The third kappa shape index (κ3) is 4.86. The minimum atomic E-state index is -0.223. The minimum absolute atomic E-state index is 0.0895. The Morgan fingerprint density at radius 1 is 0.902 bits per heavy atom. The van der Waals surface area contributed by atoms with Crippen LogP contribution in [0.2, 0.25) is 0 Å². The SMILES string of the molecule is Cc1nc2cc(F)ccc2n1[C@@H]1C[C@H]2CC[C@@H](C1)N2CCC1(c2ccccc2)CCN(C(=O)c2ccccc2)CC1. The third-order valence-electron chi connectivity index (χ3n) is 10.3. The van der Waals surface area contributed by atoms with Gasteiger partial charge >= 0.3 is 0 Å². The number of aromatic nitrogens is 2. The third-order valence-corrected chi connectivity index (χ3v) is 10.3. The summed E-state index contributed by atoms with van der Waals surface area (Å²) >= 11 is 0. The molecule has 1 aromatic heterocycles. The van der Waals surface area contributed by atoms with E-state index < -0.39 is 0 Å². The molecule has 3 fully saturated rings. The van der Waals surface area contributed by atoms with E-state index in [1.807, 2.05) is 36.4 Å². The fraction of sp³-hybridized carbons (Fsp3) is 0.429. The van der Waals surface area contributed by atoms with Crippen LogP contribution in [0.15, 0.2) is 78.9 Å². The van der Waals surface area contributed by atoms with Crippen molar-refractivity contribution in [2.75, 3.05) is 19.6 Å². The summed E-state index contributed by atoms with van der Waals surface area (Å²) in [6, 6.07) is 27.3. The number of carbonyl (C=O) groups is 1. The topological polar surface area (TPSA) is 41.4 Å². The molecule has 3 aromatic carbocycles. The number of hydrogen-bond acceptors (Lipinski definition) is 3. The summed E-state index contributed by atoms with van der Waals surface area (Å²) in [5.41, 5.74) is 4.11. The van der Waals surface area contributed by atoms with Crippen molar-refractivity contribution < 1.29 is 9.18 Å². The summed E-state index contributed by atoms with van der Waals surface area (Å²) in [5, 5.41) is 0. The Morgan fingerprint density at radius 2 is 1.56 bits per heavy atom. The molecule has 7 rings (SSSR count). The van der Waals surface area contributed by atoms with Crippen LogP contribution in [0.3, 0.4) is 0 Å². The van der Waals surface area contributed by atoms with E-state index in [0.717, 1.165) is 74.2 Å². The van der Waals surface area contributed by atoms with Gasteiger partial charge in [0.2, 0.25) is 0 Å². The zero-order valence-electron chi connectivity index (χ0n) is 23.9. The second kappa shape index (κ2) is 10.7. The highest BCUT2D eigenvalue weighted by molar-refractivity contribution is 5.94. The fourth-order valence-corrected chi connectivity index (χ4v) is 8.19. The maximum atomic E-state index is 13.9. The zero-order valence-corrected chi connectivity index (χ0v) is 23.9. The molecule has 6 heteroatoms. The van der Waals surface area contributed by atoms with Gasteiger partial charge < -0.3 is 9.47 Å². The smallest absolute Gasteiger partial charge is 0.253 e. The van der Waals surface area contributed by atoms with E-state index in [1.165, 1.54) is 18.4 Å². The first-order valence-corrected chi connectivity index (χ1v) is 15.3. The number of likely N-dealkylation sites (tertiary alicyclic amines) is 1. The Bertz CT molecular complexity index is 1510. The molecule has 212 valence electrons. The first-order chi connectivity index (χ1) is 20.0. The molecule has 0 aliphatic carbocycles. The number of nitrogens with zero attached hydrogens (tertiary/aromatic N) is 4. The van der Waals surface area contributed by atoms with Crippen LogP contribution >= 0.6 is 0 Å². The standard InChI is InChI=1S/C35H39FN4O/c1-25-37-32-22-28(36)12-15-33(32)40(25)31-23-29-13-14-30(24-31)39(29)21-18-35(27-10-6-3-7-11-27)16-19-38(20-17-35)34(41)26-8-4-2-5-9-26/h2-12,15,22,29-31H,13-14,16-21,23-24H2,1H3/t29-,30+,31-. The first kappa shape index (κ1) is 26.4. The van der Waals surface area contributed by atoms with Crippen molar-refractivity contribution >= 4 is 16.9 Å². The van der Waals surface area contributed by atoms with E-state index in [-0.39, 0.29) is 17.1 Å². The van der Waals surface area contributed by atoms with E-state index in [9.17, 15) is 9.18 Å². The number of imidazole rings is 1. The Kier molecular flexibility index (Phi) is 6.90. The normalized spacial score (nSPS) is 24.1. The highest BCUT2D eigenvalue weighted by Crippen LogP contribution is 2.45. The second-order valence-corrected chi connectivity index (χ2v) is 12.5. The number of fused-ring (bicyclic) bond motifs is 3. The van der Waals surface area contributed by atoms with Gasteiger partial charge in [-0.15, -0.1) is 0 Å². The Balaban J connectivity index is 1.07. The van der Waals surface area contributed by atoms with E-state index in [1.54, 1.807) is 12.1 Å². The number of rotatable bonds is 6. The van der Waals surface area contributed by atoms with Crippen molar-refractivity contribution in [1.29, 1.82) is 0 Å². The summed E-state index contributed by atoms with van der Waals surface area (Å²) < 4.78 is 16.2. The average Bonchev–Trinajstić information content (AvgIpc) is 3.46. The zero-order chi connectivity index (χ0) is 28.0. The van der Waals surface area contributed by atoms with Crippen LogP contribution in [0.25, 0.3) is 11.0 Å². The lowest BCUT2D eigenvalue weighted by molar-refractivity contribution is 0.0607. The number of benzene rings is 3. The van der Waals surface area contributed by atoms with Crippen molar-refractivity contribution in [3.63, 3.8) is 0 Å². The molecule has 3 saturated heterocycles. The van der Waals surface area contributed by atoms with Crippen LogP contribution in [0, 0.1) is 12.7 Å². The summed E-state index contributed by atoms with van der Waals surface area (Å²) in [7, 11) is 0. The minimum Gasteiger partial charge on any atom is -0.339 e. The molecule has 4 aromatic rings. The van der Waals surface area contributed by atoms with Gasteiger partial charge in [-0.3, -0.25) is 9.69 Å². The molecule has 2 bridgehead atoms. The molecule has 0 spiro atoms. The molecule has 3 aliphatic heterocycles. The van der Waals surface area contributed by atoms with Gasteiger partial charge in [0.05, 0.1) is 11.0 Å². The molecule has 0 N–H and O–H groups in total. The predicted molar refractivity (Wildman–Crippen MR) is 161 cm³/mol. The molecule has 1 amide bonds. The molecule has 5 nitrogen and oxygen atoms in total. The number of piperidine rings is 2. The van der Waals surface area contributed by atoms with Crippen molar-refractivity contribution in [2.45, 2.75) is 75.4 Å². The van der Waals surface area contributed by atoms with E-state index >= 15 is 0 Å². The molecule has 3 aliphatic rings. The molecule has 0 radical (unpaired) electrons. The van der Waals surface area contributed by atoms with Crippen LogP contribution in [0.5, 0.6) is 0 Å². The lowest BCUT2D eigenvalue weighted by Gasteiger charge is -2.45. The average molecular weight is 551 g/mol. The van der Waals surface area contributed by atoms with Crippen molar-refractivity contribution in [3.8, 4) is 0 Å². The van der Waals surface area contributed by atoms with Crippen molar-refractivity contribution in [1.82, 2.24) is 19.4 Å². The maximum Gasteiger partial charge on any atom is 0.253 e. The van der Waals surface area contributed by atoms with E-state index in [4.69, 9.17) is 4.98 Å². The van der Waals surface area contributed by atoms with Gasteiger partial charge in [0.1, 0.15) is 11.6 Å². The van der Waals surface area contributed by atoms with Crippen LogP contribution in [0.4, 0.5) is 4.39 Å². The lowest BCUT2D eigenvalue weighted by Crippen LogP contribution is -2.49. The van der Waals surface area contributed by atoms with Gasteiger partial charge in [-0.2, -0.15) is 0 Å². The van der Waals surface area contributed by atoms with Gasteiger partial charge in [0.25, 0.3) is 5.91 Å². The molecule has 4 heterocycles. The highest BCUT2D eigenvalue weighted by Gasteiger charge is 2.44. The van der Waals surface area contributed by atoms with Gasteiger partial charge in [0, 0.05) is 42.8 Å². The molecule has 0 saturated carbocycles. The Hall–Kier alpha value is -3.51. The largest absolute Gasteiger partial charge is 0.339 e. The Morgan fingerprint density at radius 3 is 2.24 bits per heavy atom. The van der Waals surface area contributed by atoms with Gasteiger partial charge in [0.15, 0.2) is 0 Å². The van der Waals surface area contributed by atoms with Gasteiger partial charge in [-0.1, -0.05) is 48.5 Å². The van der Waals surface area contributed by atoms with Gasteiger partial charge in [-0.25, -0.2) is 9.37 Å². The van der Waals surface area contributed by atoms with E-state index in [0.29, 0.717) is 18.1 Å². The summed E-state index contributed by atoms with van der Waals surface area (Å²) in [6.07, 6.45) is 7.86. The van der Waals surface area contributed by atoms with Crippen molar-refractivity contribution in [3.05, 3.63) is 102 Å². The lowest BCUT2D eigenvalue weighted by atomic mass is 9.70. The number of aryl methyl sites for hydroxylation is 1. The Labute approximate surface area is 242 Å². The number of hydrogen-bond donors (Lipinski definition) is 0. The summed E-state index contributed by atoms with van der Waals surface area (Å²) in [5.74, 6) is 0.917. The maximum absolute atomic E-state index is 13.9. The van der Waals surface area contributed by atoms with Gasteiger partial charge in [-0.05, 0) is 93.7 Å². The quantitative estimate of drug-likeness (QED) is 0.262. The van der Waals surface area contributed by atoms with Crippen LogP contribution in [-0.4, -0.2) is 57.0 Å². The van der Waals surface area contributed by atoms with Crippen LogP contribution in [-0.2, 0) is 5.41 Å². The van der Waals surface area contributed by atoms with Crippen molar-refractivity contribution in [2.24, 2.45) is 0 Å². The van der Waals surface area contributed by atoms with Crippen LogP contribution in [0.1, 0.15) is 72.7 Å². The fourth-order valence-electron chi connectivity index (χ4n) is 8.19. The molecule has 3 atom stereocenters. The number of halogens is 1. The first-order valence-electron chi connectivity index (χ1n) is 15.3. The summed E-state index contributed by atoms with van der Waals surface area (Å²) in [6.45, 7) is 4.75. The molecule has 41 heavy (non-hydrogen) atoms. The second-order valence-electron chi connectivity index (χ2n) is 12.5. The molecular weight excluding hydrogens is 511 g/mol. The number of carbonyl (C=O) groups excluding carboxylic acids is 1. The monoisotopic (exact) mass is 550 g/mol. The van der Waals surface area contributed by atoms with Crippen LogP contribution < -0.4 is 0 Å². The van der Waals surface area contributed by atoms with E-state index in [2.05, 4.69) is 51.6 Å². The highest BCUT2D eigenvalue weighted by atomic mass is 19.1.